The first kappa shape index (κ1) is 19.8. The van der Waals surface area contributed by atoms with E-state index < -0.39 is 5.82 Å². The van der Waals surface area contributed by atoms with Crippen LogP contribution in [0.25, 0.3) is 22.5 Å². The average molecular weight is 402 g/mol. The minimum Gasteiger partial charge on any atom is -0.387 e. The lowest BCUT2D eigenvalue weighted by atomic mass is 10.1. The number of aromatic nitrogens is 3. The number of hydrogen-bond acceptors (Lipinski definition) is 6. The molecule has 0 saturated carbocycles. The lowest BCUT2D eigenvalue weighted by Crippen LogP contribution is -2.13. The lowest BCUT2D eigenvalue weighted by molar-refractivity contribution is 0.440. The minimum absolute atomic E-state index is 0.178. The summed E-state index contributed by atoms with van der Waals surface area (Å²) < 4.78 is 19.6. The Hall–Kier alpha value is -2.93. The van der Waals surface area contributed by atoms with Gasteiger partial charge in [-0.25, -0.2) is 9.37 Å². The third-order valence-electron chi connectivity index (χ3n) is 3.99. The summed E-state index contributed by atoms with van der Waals surface area (Å²) in [5.74, 6) is 0.230. The minimum atomic E-state index is -0.462. The van der Waals surface area contributed by atoms with E-state index in [1.807, 2.05) is 39.1 Å². The molecule has 2 aromatic heterocycles. The van der Waals surface area contributed by atoms with Crippen LogP contribution >= 0.6 is 11.6 Å². The summed E-state index contributed by atoms with van der Waals surface area (Å²) in [6, 6.07) is 4.25. The van der Waals surface area contributed by atoms with E-state index in [1.165, 1.54) is 18.2 Å². The topological polar surface area (TPSA) is 75.9 Å². The van der Waals surface area contributed by atoms with E-state index in [-0.39, 0.29) is 11.4 Å². The fourth-order valence-electron chi connectivity index (χ4n) is 2.71. The molecule has 3 aromatic rings. The molecule has 1 aromatic carbocycles. The number of aryl methyl sites for hydroxylation is 1. The highest BCUT2D eigenvalue weighted by Crippen LogP contribution is 2.31. The average Bonchev–Trinajstić information content (AvgIpc) is 3.15. The molecule has 0 unspecified atom stereocenters. The second-order valence-corrected chi connectivity index (χ2v) is 6.15. The number of benzene rings is 1. The number of allylic oxidation sites excluding steroid dienone is 1. The first-order valence-electron chi connectivity index (χ1n) is 9.14. The largest absolute Gasteiger partial charge is 0.387 e. The molecule has 28 heavy (non-hydrogen) atoms. The van der Waals surface area contributed by atoms with Gasteiger partial charge in [-0.2, -0.15) is 4.98 Å². The van der Waals surface area contributed by atoms with Crippen molar-refractivity contribution < 1.29 is 8.91 Å². The molecule has 0 amide bonds. The van der Waals surface area contributed by atoms with Crippen LogP contribution in [-0.2, 0) is 6.42 Å². The summed E-state index contributed by atoms with van der Waals surface area (Å²) in [5, 5.41) is 11.5. The van der Waals surface area contributed by atoms with Crippen molar-refractivity contribution in [3.05, 3.63) is 58.8 Å². The molecular formula is C20H21ClFN5O. The molecule has 1 aliphatic heterocycles. The predicted molar refractivity (Wildman–Crippen MR) is 110 cm³/mol. The summed E-state index contributed by atoms with van der Waals surface area (Å²) in [5.41, 5.74) is 2.10. The molecule has 6 nitrogen and oxygen atoms in total. The summed E-state index contributed by atoms with van der Waals surface area (Å²) in [6.07, 6.45) is 6.36. The van der Waals surface area contributed by atoms with Gasteiger partial charge >= 0.3 is 0 Å². The quantitative estimate of drug-likeness (QED) is 0.635. The van der Waals surface area contributed by atoms with Gasteiger partial charge in [0.15, 0.2) is 5.82 Å². The van der Waals surface area contributed by atoms with Crippen LogP contribution in [0.1, 0.15) is 26.5 Å². The van der Waals surface area contributed by atoms with Crippen LogP contribution in [0.4, 0.5) is 10.2 Å². The molecule has 0 fully saturated rings. The van der Waals surface area contributed by atoms with Gasteiger partial charge in [0, 0.05) is 17.3 Å². The zero-order valence-electron chi connectivity index (χ0n) is 15.9. The van der Waals surface area contributed by atoms with Crippen LogP contribution in [-0.4, -0.2) is 21.7 Å². The highest BCUT2D eigenvalue weighted by molar-refractivity contribution is 6.30. The number of nitrogens with one attached hydrogen (secondary N) is 2. The number of hydrogen-bond donors (Lipinski definition) is 2. The van der Waals surface area contributed by atoms with Crippen molar-refractivity contribution in [3.63, 3.8) is 0 Å². The Morgan fingerprint density at radius 2 is 2.11 bits per heavy atom. The van der Waals surface area contributed by atoms with Gasteiger partial charge in [-0.1, -0.05) is 37.5 Å². The summed E-state index contributed by atoms with van der Waals surface area (Å²) in [6.45, 7) is 6.67. The van der Waals surface area contributed by atoms with E-state index >= 15 is 0 Å². The molecular weight excluding hydrogens is 381 g/mol. The number of rotatable bonds is 4. The maximum atomic E-state index is 14.3. The first-order valence-corrected chi connectivity index (χ1v) is 9.52. The Balaban J connectivity index is 0.00000109. The molecule has 3 heterocycles. The smallest absolute Gasteiger partial charge is 0.263 e. The van der Waals surface area contributed by atoms with E-state index in [0.29, 0.717) is 34.9 Å². The van der Waals surface area contributed by atoms with Gasteiger partial charge in [0.2, 0.25) is 0 Å². The zero-order valence-corrected chi connectivity index (χ0v) is 16.6. The number of dihydropyridines is 1. The zero-order chi connectivity index (χ0) is 20.1. The standard InChI is InChI=1S/C18H15ClFN5O.C2H6/c1-2-14-15-17(22-11-5-7-21-8-6-11)23-16(24-18(15)26-25-14)12-9-10(19)3-4-13(12)20;1-2/h3-7,9,21H,2,8H2,1H3,(H,22,23,24);1-2H3. The Labute approximate surface area is 167 Å². The van der Waals surface area contributed by atoms with Gasteiger partial charge in [-0.15, -0.1) is 0 Å². The molecule has 146 valence electrons. The van der Waals surface area contributed by atoms with Crippen LogP contribution in [0.5, 0.6) is 0 Å². The highest BCUT2D eigenvalue weighted by Gasteiger charge is 2.19. The number of fused-ring (bicyclic) bond motifs is 1. The molecule has 1 aliphatic rings. The monoisotopic (exact) mass is 401 g/mol. The molecule has 2 N–H and O–H groups in total. The number of anilines is 1. The molecule has 0 atom stereocenters. The van der Waals surface area contributed by atoms with Crippen molar-refractivity contribution >= 4 is 28.5 Å². The Kier molecular flexibility index (Phi) is 6.26. The SMILES string of the molecule is CC.CCc1noc2nc(-c3cc(Cl)ccc3F)nc(NC3=CCNC=C3)c12. The fourth-order valence-corrected chi connectivity index (χ4v) is 2.89. The normalized spacial score (nSPS) is 12.8. The Morgan fingerprint density at radius 3 is 2.82 bits per heavy atom. The molecule has 0 saturated heterocycles. The molecule has 0 bridgehead atoms. The van der Waals surface area contributed by atoms with Crippen molar-refractivity contribution in [3.8, 4) is 11.4 Å². The van der Waals surface area contributed by atoms with E-state index in [0.717, 1.165) is 11.4 Å². The number of nitrogens with zero attached hydrogens (tertiary/aromatic N) is 3. The summed E-state index contributed by atoms with van der Waals surface area (Å²) >= 11 is 6.01. The third-order valence-corrected chi connectivity index (χ3v) is 4.23. The van der Waals surface area contributed by atoms with Crippen LogP contribution in [0, 0.1) is 5.82 Å². The predicted octanol–water partition coefficient (Wildman–Crippen LogP) is 5.08. The van der Waals surface area contributed by atoms with Gasteiger partial charge in [-0.05, 0) is 43.0 Å². The molecule has 0 spiro atoms. The molecule has 8 heteroatoms. The van der Waals surface area contributed by atoms with E-state index in [1.54, 1.807) is 0 Å². The second kappa shape index (κ2) is 8.84. The summed E-state index contributed by atoms with van der Waals surface area (Å²) in [4.78, 5) is 8.87. The van der Waals surface area contributed by atoms with Gasteiger partial charge < -0.3 is 15.2 Å². The molecule has 4 rings (SSSR count). The van der Waals surface area contributed by atoms with Crippen LogP contribution < -0.4 is 10.6 Å². The molecule has 0 aliphatic carbocycles. The van der Waals surface area contributed by atoms with Crippen molar-refractivity contribution in [2.24, 2.45) is 0 Å². The van der Waals surface area contributed by atoms with Gasteiger partial charge in [0.1, 0.15) is 17.0 Å². The van der Waals surface area contributed by atoms with Gasteiger partial charge in [0.25, 0.3) is 5.71 Å². The lowest BCUT2D eigenvalue weighted by Gasteiger charge is -2.12. The van der Waals surface area contributed by atoms with Crippen LogP contribution in [0.2, 0.25) is 5.02 Å². The van der Waals surface area contributed by atoms with Crippen molar-refractivity contribution in [2.45, 2.75) is 27.2 Å². The Bertz CT molecular complexity index is 1040. The number of halogens is 2. The van der Waals surface area contributed by atoms with E-state index in [9.17, 15) is 4.39 Å². The van der Waals surface area contributed by atoms with Crippen LogP contribution in [0.15, 0.2) is 46.8 Å². The summed E-state index contributed by atoms with van der Waals surface area (Å²) in [7, 11) is 0. The van der Waals surface area contributed by atoms with E-state index in [2.05, 4.69) is 25.8 Å². The third kappa shape index (κ3) is 3.99. The maximum absolute atomic E-state index is 14.3. The first-order chi connectivity index (χ1) is 13.7. The van der Waals surface area contributed by atoms with E-state index in [4.69, 9.17) is 16.1 Å². The second-order valence-electron chi connectivity index (χ2n) is 5.71. The maximum Gasteiger partial charge on any atom is 0.263 e. The van der Waals surface area contributed by atoms with Crippen molar-refractivity contribution in [2.75, 3.05) is 11.9 Å². The molecule has 0 radical (unpaired) electrons. The highest BCUT2D eigenvalue weighted by atomic mass is 35.5. The van der Waals surface area contributed by atoms with Gasteiger partial charge in [0.05, 0.1) is 11.3 Å². The van der Waals surface area contributed by atoms with Gasteiger partial charge in [-0.3, -0.25) is 0 Å². The van der Waals surface area contributed by atoms with Crippen molar-refractivity contribution in [1.82, 2.24) is 20.4 Å². The van der Waals surface area contributed by atoms with Crippen molar-refractivity contribution in [1.29, 1.82) is 0 Å². The Morgan fingerprint density at radius 1 is 1.29 bits per heavy atom. The fraction of sp³-hybridized carbons (Fsp3) is 0.250. The van der Waals surface area contributed by atoms with Crippen LogP contribution in [0.3, 0.4) is 0 Å².